The maximum Gasteiger partial charge on any atom is 0.183 e. The molecule has 0 aromatic carbocycles. The summed E-state index contributed by atoms with van der Waals surface area (Å²) in [6, 6.07) is 0. The van der Waals surface area contributed by atoms with Gasteiger partial charge in [0.2, 0.25) is 0 Å². The van der Waals surface area contributed by atoms with Gasteiger partial charge in [0, 0.05) is 0 Å². The molecule has 0 bridgehead atoms. The molecule has 0 radical (unpaired) electrons. The van der Waals surface area contributed by atoms with Crippen LogP contribution in [0.1, 0.15) is 0 Å². The molecule has 0 aliphatic carbocycles. The van der Waals surface area contributed by atoms with Gasteiger partial charge in [0.25, 0.3) is 0 Å². The Kier molecular flexibility index (Phi) is 8.09. The second kappa shape index (κ2) is 8.30. The van der Waals surface area contributed by atoms with E-state index in [-0.39, 0.29) is 0 Å². The first-order valence-corrected chi connectivity index (χ1v) is 31.5. The van der Waals surface area contributed by atoms with Crippen LogP contribution in [0.3, 0.4) is 0 Å². The van der Waals surface area contributed by atoms with Crippen LogP contribution < -0.4 is 32.5 Å². The molecule has 28 heavy (non-hydrogen) atoms. The lowest BCUT2D eigenvalue weighted by molar-refractivity contribution is 1.04. The zero-order valence-electron chi connectivity index (χ0n) is 21.0. The molecule has 1 rings (SSSR count). The zero-order valence-corrected chi connectivity index (χ0v) is 28.0. The van der Waals surface area contributed by atoms with E-state index in [1.54, 1.807) is 0 Å². The highest BCUT2D eigenvalue weighted by Crippen LogP contribution is 2.12. The third-order valence-electron chi connectivity index (χ3n) is 4.38. The summed E-state index contributed by atoms with van der Waals surface area (Å²) in [5.41, 5.74) is 0. The molecule has 1 saturated heterocycles. The molecule has 0 aromatic rings. The van der Waals surface area contributed by atoms with E-state index in [1.165, 1.54) is 0 Å². The largest absolute Gasteiger partial charge is 0.336 e. The van der Waals surface area contributed by atoms with Crippen LogP contribution in [0.5, 0.6) is 0 Å². The van der Waals surface area contributed by atoms with E-state index in [1.807, 2.05) is 0 Å². The third-order valence-corrected chi connectivity index (χ3v) is 39.4. The smallest absolute Gasteiger partial charge is 0.183 e. The van der Waals surface area contributed by atoms with Gasteiger partial charge >= 0.3 is 0 Å². The Balaban J connectivity index is 3.34. The van der Waals surface area contributed by atoms with Gasteiger partial charge in [0.1, 0.15) is 0 Å². The molecule has 0 aromatic heterocycles. The van der Waals surface area contributed by atoms with Crippen molar-refractivity contribution in [1.82, 2.24) is 32.5 Å². The van der Waals surface area contributed by atoms with Gasteiger partial charge in [-0.05, 0) is 91.7 Å². The predicted octanol–water partition coefficient (Wildman–Crippen LogP) is 2.04. The number of hydrogen-bond donors (Lipinski definition) is 7. The molecule has 14 heteroatoms. The number of hydrogen-bond acceptors (Lipinski definition) is 7. The van der Waals surface area contributed by atoms with Crippen molar-refractivity contribution in [2.24, 2.45) is 0 Å². The summed E-state index contributed by atoms with van der Waals surface area (Å²) in [5.74, 6) is 0. The fourth-order valence-electron chi connectivity index (χ4n) is 5.69. The van der Waals surface area contributed by atoms with Crippen molar-refractivity contribution in [3.05, 3.63) is 0 Å². The van der Waals surface area contributed by atoms with Crippen LogP contribution >= 0.6 is 0 Å². The van der Waals surface area contributed by atoms with E-state index in [2.05, 4.69) is 124 Å². The molecule has 7 N–H and O–H groups in total. The monoisotopic (exact) mass is 511 g/mol. The minimum atomic E-state index is -1.77. The molecular formula is C14H49N7Si7. The lowest BCUT2D eigenvalue weighted by atomic mass is 11.9. The van der Waals surface area contributed by atoms with Gasteiger partial charge in [-0.3, -0.25) is 0 Å². The molecule has 1 fully saturated rings. The Bertz CT molecular complexity index is 399. The number of rotatable bonds is 0. The van der Waals surface area contributed by atoms with Crippen molar-refractivity contribution in [1.29, 1.82) is 0 Å². The summed E-state index contributed by atoms with van der Waals surface area (Å²) in [6.07, 6.45) is 0. The van der Waals surface area contributed by atoms with E-state index >= 15 is 0 Å². The van der Waals surface area contributed by atoms with E-state index in [4.69, 9.17) is 0 Å². The molecule has 0 amide bonds. The summed E-state index contributed by atoms with van der Waals surface area (Å²) >= 11 is 0. The minimum absolute atomic E-state index is 1.77. The highest BCUT2D eigenvalue weighted by molar-refractivity contribution is 7.05. The first kappa shape index (κ1) is 27.3. The Morgan fingerprint density at radius 2 is 0.286 bits per heavy atom. The van der Waals surface area contributed by atoms with E-state index in [0.29, 0.717) is 0 Å². The predicted molar refractivity (Wildman–Crippen MR) is 144 cm³/mol. The van der Waals surface area contributed by atoms with Crippen molar-refractivity contribution >= 4 is 58.8 Å². The zero-order chi connectivity index (χ0) is 22.4. The summed E-state index contributed by atoms with van der Waals surface area (Å²) in [6.45, 7) is 34.0. The molecule has 1 aliphatic heterocycles. The first-order valence-electron chi connectivity index (χ1n) is 10.5. The molecular weight excluding hydrogens is 463 g/mol. The average molecular weight is 512 g/mol. The minimum Gasteiger partial charge on any atom is -0.336 e. The van der Waals surface area contributed by atoms with Crippen molar-refractivity contribution in [3.8, 4) is 0 Å². The normalized spacial score (nSPS) is 31.5. The molecule has 0 saturated carbocycles. The van der Waals surface area contributed by atoms with Gasteiger partial charge < -0.3 is 32.5 Å². The van der Waals surface area contributed by atoms with Crippen LogP contribution in [0.15, 0.2) is 0 Å². The summed E-state index contributed by atoms with van der Waals surface area (Å²) in [5, 5.41) is 0. The summed E-state index contributed by atoms with van der Waals surface area (Å²) < 4.78 is 28.8. The fourth-order valence-corrected chi connectivity index (χ4v) is 55.1. The Morgan fingerprint density at radius 1 is 0.214 bits per heavy atom. The van der Waals surface area contributed by atoms with Crippen LogP contribution in [-0.2, 0) is 0 Å². The fraction of sp³-hybridized carbons (Fsp3) is 1.00. The molecule has 168 valence electrons. The van der Waals surface area contributed by atoms with Crippen molar-refractivity contribution < 1.29 is 0 Å². The number of nitrogens with one attached hydrogen (secondary N) is 7. The SMILES string of the molecule is C[Si]1(C)N[Si](C)(C)N[Si](C)(C)N[Si](C)(C)N[Si](C)(C)N[Si](C)(C)N[Si](C)(C)N1. The average Bonchev–Trinajstić information content (AvgIpc) is 2.10. The second-order valence-corrected chi connectivity index (χ2v) is 42.0. The Morgan fingerprint density at radius 3 is 0.357 bits per heavy atom. The van der Waals surface area contributed by atoms with E-state index < -0.39 is 58.8 Å². The third kappa shape index (κ3) is 10.0. The molecule has 0 spiro atoms. The van der Waals surface area contributed by atoms with Gasteiger partial charge in [-0.15, -0.1) is 0 Å². The summed E-state index contributed by atoms with van der Waals surface area (Å²) in [7, 11) is -12.4. The van der Waals surface area contributed by atoms with Crippen LogP contribution in [0, 0.1) is 0 Å². The highest BCUT2D eigenvalue weighted by Gasteiger charge is 2.45. The quantitative estimate of drug-likeness (QED) is 0.251. The van der Waals surface area contributed by atoms with Crippen LogP contribution in [0.2, 0.25) is 91.7 Å². The lowest BCUT2D eigenvalue weighted by Crippen LogP contribution is -2.87. The maximum absolute atomic E-state index is 4.11. The van der Waals surface area contributed by atoms with Crippen molar-refractivity contribution in [2.75, 3.05) is 0 Å². The molecule has 1 heterocycles. The van der Waals surface area contributed by atoms with Crippen LogP contribution in [0.4, 0.5) is 0 Å². The van der Waals surface area contributed by atoms with Crippen molar-refractivity contribution in [3.63, 3.8) is 0 Å². The van der Waals surface area contributed by atoms with E-state index in [9.17, 15) is 0 Å². The van der Waals surface area contributed by atoms with Gasteiger partial charge in [-0.1, -0.05) is 0 Å². The molecule has 0 unspecified atom stereocenters. The standard InChI is InChI=1S/C14H49N7Si7/c1-22(2)15-23(3,4)17-25(7,8)19-27(11,12)21-28(13,14)20-26(9,10)18-24(5,6)16-22/h15-21H,1-14H3. The van der Waals surface area contributed by atoms with Gasteiger partial charge in [-0.25, -0.2) is 0 Å². The molecule has 0 atom stereocenters. The Hall–Kier alpha value is 1.24. The second-order valence-electron chi connectivity index (χ2n) is 12.2. The molecule has 7 nitrogen and oxygen atoms in total. The summed E-state index contributed by atoms with van der Waals surface area (Å²) in [4.78, 5) is 0. The highest BCUT2D eigenvalue weighted by atomic mass is 28.5. The van der Waals surface area contributed by atoms with Gasteiger partial charge in [0.05, 0.1) is 0 Å². The van der Waals surface area contributed by atoms with Crippen LogP contribution in [-0.4, -0.2) is 58.8 Å². The van der Waals surface area contributed by atoms with Crippen LogP contribution in [0.25, 0.3) is 0 Å². The van der Waals surface area contributed by atoms with Gasteiger partial charge in [-0.2, -0.15) is 0 Å². The first-order chi connectivity index (χ1) is 11.9. The topological polar surface area (TPSA) is 84.2 Å². The molecule has 1 aliphatic rings. The van der Waals surface area contributed by atoms with Crippen molar-refractivity contribution in [2.45, 2.75) is 91.7 Å². The van der Waals surface area contributed by atoms with E-state index in [0.717, 1.165) is 0 Å². The lowest BCUT2D eigenvalue weighted by Gasteiger charge is -2.49. The maximum atomic E-state index is 4.11. The Labute approximate surface area is 182 Å². The van der Waals surface area contributed by atoms with Gasteiger partial charge in [0.15, 0.2) is 58.8 Å².